The first kappa shape index (κ1) is 13.4. The molecule has 2 aromatic heterocycles. The molecule has 0 bridgehead atoms. The zero-order valence-corrected chi connectivity index (χ0v) is 12.7. The predicted octanol–water partition coefficient (Wildman–Crippen LogP) is 4.91. The Labute approximate surface area is 123 Å². The molecule has 1 atom stereocenters. The molecule has 1 N–H and O–H groups in total. The molecule has 2 heterocycles. The summed E-state index contributed by atoms with van der Waals surface area (Å²) in [4.78, 5) is 1.35. The number of furan rings is 1. The van der Waals surface area contributed by atoms with Gasteiger partial charge in [-0.3, -0.25) is 0 Å². The van der Waals surface area contributed by atoms with Crippen LogP contribution >= 0.6 is 11.3 Å². The second-order valence-electron chi connectivity index (χ2n) is 4.98. The Balaban J connectivity index is 1.85. The summed E-state index contributed by atoms with van der Waals surface area (Å²) in [6, 6.07) is 12.8. The SMILES string of the molecule is CCc1c(C(C)NCc2cccs2)oc2ccccc12. The van der Waals surface area contributed by atoms with Crippen molar-refractivity contribution in [2.45, 2.75) is 32.9 Å². The second kappa shape index (κ2) is 5.81. The molecule has 3 rings (SSSR count). The Bertz CT molecular complexity index is 684. The normalized spacial score (nSPS) is 12.9. The molecule has 0 saturated carbocycles. The van der Waals surface area contributed by atoms with Crippen LogP contribution in [0.1, 0.15) is 36.1 Å². The fourth-order valence-corrected chi connectivity index (χ4v) is 3.25. The van der Waals surface area contributed by atoms with Crippen molar-refractivity contribution in [3.63, 3.8) is 0 Å². The number of fused-ring (bicyclic) bond motifs is 1. The number of thiophene rings is 1. The Morgan fingerprint density at radius 2 is 2.05 bits per heavy atom. The molecule has 0 saturated heterocycles. The third-order valence-electron chi connectivity index (χ3n) is 3.64. The standard InChI is InChI=1S/C17H19NOS/c1-3-14-15-8-4-5-9-16(15)19-17(14)12(2)18-11-13-7-6-10-20-13/h4-10,12,18H,3,11H2,1-2H3. The second-order valence-corrected chi connectivity index (χ2v) is 6.01. The average molecular weight is 285 g/mol. The van der Waals surface area contributed by atoms with E-state index in [-0.39, 0.29) is 6.04 Å². The molecule has 104 valence electrons. The lowest BCUT2D eigenvalue weighted by Gasteiger charge is -2.12. The van der Waals surface area contributed by atoms with Gasteiger partial charge in [-0.05, 0) is 30.9 Å². The first-order chi connectivity index (χ1) is 9.79. The molecule has 0 aliphatic rings. The highest BCUT2D eigenvalue weighted by Crippen LogP contribution is 2.30. The summed E-state index contributed by atoms with van der Waals surface area (Å²) >= 11 is 1.78. The van der Waals surface area contributed by atoms with E-state index in [9.17, 15) is 0 Å². The van der Waals surface area contributed by atoms with Gasteiger partial charge in [-0.25, -0.2) is 0 Å². The number of hydrogen-bond donors (Lipinski definition) is 1. The maximum Gasteiger partial charge on any atom is 0.134 e. The molecule has 3 heteroatoms. The molecule has 0 spiro atoms. The van der Waals surface area contributed by atoms with Crippen molar-refractivity contribution in [3.05, 3.63) is 58.0 Å². The lowest BCUT2D eigenvalue weighted by atomic mass is 10.1. The highest BCUT2D eigenvalue weighted by molar-refractivity contribution is 7.09. The van der Waals surface area contributed by atoms with Crippen LogP contribution in [0.5, 0.6) is 0 Å². The van der Waals surface area contributed by atoms with E-state index in [1.54, 1.807) is 11.3 Å². The Kier molecular flexibility index (Phi) is 3.90. The molecule has 0 radical (unpaired) electrons. The van der Waals surface area contributed by atoms with E-state index in [1.807, 2.05) is 12.1 Å². The number of rotatable bonds is 5. The predicted molar refractivity (Wildman–Crippen MR) is 85.2 cm³/mol. The molecule has 3 aromatic rings. The van der Waals surface area contributed by atoms with Gasteiger partial charge in [0.2, 0.25) is 0 Å². The molecule has 20 heavy (non-hydrogen) atoms. The van der Waals surface area contributed by atoms with Crippen LogP contribution in [0.2, 0.25) is 0 Å². The average Bonchev–Trinajstić information content (AvgIpc) is 3.11. The molecule has 0 aliphatic heterocycles. The molecule has 0 amide bonds. The van der Waals surface area contributed by atoms with Crippen molar-refractivity contribution in [2.24, 2.45) is 0 Å². The molecule has 0 fully saturated rings. The minimum atomic E-state index is 0.222. The maximum atomic E-state index is 6.06. The van der Waals surface area contributed by atoms with Gasteiger partial charge in [0.1, 0.15) is 11.3 Å². The van der Waals surface area contributed by atoms with Crippen LogP contribution in [0.15, 0.2) is 46.2 Å². The Morgan fingerprint density at radius 1 is 1.20 bits per heavy atom. The summed E-state index contributed by atoms with van der Waals surface area (Å²) < 4.78 is 6.06. The van der Waals surface area contributed by atoms with Gasteiger partial charge in [0.25, 0.3) is 0 Å². The molecule has 1 aromatic carbocycles. The lowest BCUT2D eigenvalue weighted by molar-refractivity contribution is 0.447. The van der Waals surface area contributed by atoms with Gasteiger partial charge >= 0.3 is 0 Å². The van der Waals surface area contributed by atoms with Crippen LogP contribution in [0, 0.1) is 0 Å². The van der Waals surface area contributed by atoms with E-state index in [2.05, 4.69) is 48.8 Å². The Morgan fingerprint density at radius 3 is 2.80 bits per heavy atom. The summed E-state index contributed by atoms with van der Waals surface area (Å²) in [5, 5.41) is 6.91. The van der Waals surface area contributed by atoms with Crippen molar-refractivity contribution >= 4 is 22.3 Å². The van der Waals surface area contributed by atoms with E-state index in [0.717, 1.165) is 24.3 Å². The number of benzene rings is 1. The smallest absolute Gasteiger partial charge is 0.134 e. The Hall–Kier alpha value is -1.58. The summed E-state index contributed by atoms with van der Waals surface area (Å²) in [6.07, 6.45) is 0.997. The highest BCUT2D eigenvalue weighted by Gasteiger charge is 2.17. The number of aryl methyl sites for hydroxylation is 1. The highest BCUT2D eigenvalue weighted by atomic mass is 32.1. The largest absolute Gasteiger partial charge is 0.459 e. The third-order valence-corrected chi connectivity index (χ3v) is 4.52. The number of nitrogens with one attached hydrogen (secondary N) is 1. The van der Waals surface area contributed by atoms with Crippen LogP contribution in [0.4, 0.5) is 0 Å². The molecule has 1 unspecified atom stereocenters. The van der Waals surface area contributed by atoms with Crippen molar-refractivity contribution in [2.75, 3.05) is 0 Å². The van der Waals surface area contributed by atoms with Crippen LogP contribution in [0.25, 0.3) is 11.0 Å². The van der Waals surface area contributed by atoms with Gasteiger partial charge in [-0.1, -0.05) is 31.2 Å². The number of para-hydroxylation sites is 1. The van der Waals surface area contributed by atoms with E-state index in [4.69, 9.17) is 4.42 Å². The summed E-state index contributed by atoms with van der Waals surface area (Å²) in [5.41, 5.74) is 2.32. The summed E-state index contributed by atoms with van der Waals surface area (Å²) in [5.74, 6) is 1.07. The number of hydrogen-bond acceptors (Lipinski definition) is 3. The quantitative estimate of drug-likeness (QED) is 0.720. The van der Waals surface area contributed by atoms with E-state index in [0.29, 0.717) is 0 Å². The summed E-state index contributed by atoms with van der Waals surface area (Å²) in [6.45, 7) is 5.25. The molecule has 2 nitrogen and oxygen atoms in total. The topological polar surface area (TPSA) is 25.2 Å². The third kappa shape index (κ3) is 2.51. The van der Waals surface area contributed by atoms with Crippen molar-refractivity contribution in [1.29, 1.82) is 0 Å². The van der Waals surface area contributed by atoms with Gasteiger partial charge in [0, 0.05) is 22.4 Å². The van der Waals surface area contributed by atoms with Gasteiger partial charge in [0.15, 0.2) is 0 Å². The van der Waals surface area contributed by atoms with Crippen molar-refractivity contribution in [3.8, 4) is 0 Å². The minimum absolute atomic E-state index is 0.222. The van der Waals surface area contributed by atoms with Crippen molar-refractivity contribution in [1.82, 2.24) is 5.32 Å². The fourth-order valence-electron chi connectivity index (χ4n) is 2.59. The minimum Gasteiger partial charge on any atom is -0.459 e. The zero-order valence-electron chi connectivity index (χ0n) is 11.8. The molecule has 0 aliphatic carbocycles. The van der Waals surface area contributed by atoms with Crippen LogP contribution < -0.4 is 5.32 Å². The fraction of sp³-hybridized carbons (Fsp3) is 0.294. The first-order valence-corrected chi connectivity index (χ1v) is 7.93. The maximum absolute atomic E-state index is 6.06. The van der Waals surface area contributed by atoms with E-state index < -0.39 is 0 Å². The van der Waals surface area contributed by atoms with E-state index >= 15 is 0 Å². The van der Waals surface area contributed by atoms with Crippen LogP contribution in [0.3, 0.4) is 0 Å². The van der Waals surface area contributed by atoms with Crippen LogP contribution in [-0.4, -0.2) is 0 Å². The van der Waals surface area contributed by atoms with Crippen LogP contribution in [-0.2, 0) is 13.0 Å². The lowest BCUT2D eigenvalue weighted by Crippen LogP contribution is -2.18. The molecular weight excluding hydrogens is 266 g/mol. The van der Waals surface area contributed by atoms with E-state index in [1.165, 1.54) is 15.8 Å². The van der Waals surface area contributed by atoms with Gasteiger partial charge < -0.3 is 9.73 Å². The molecular formula is C17H19NOS. The van der Waals surface area contributed by atoms with Gasteiger partial charge in [-0.15, -0.1) is 11.3 Å². The zero-order chi connectivity index (χ0) is 13.9. The van der Waals surface area contributed by atoms with Crippen molar-refractivity contribution < 1.29 is 4.42 Å². The monoisotopic (exact) mass is 285 g/mol. The first-order valence-electron chi connectivity index (χ1n) is 7.05. The van der Waals surface area contributed by atoms with Gasteiger partial charge in [0.05, 0.1) is 6.04 Å². The summed E-state index contributed by atoms with van der Waals surface area (Å²) in [7, 11) is 0. The van der Waals surface area contributed by atoms with Gasteiger partial charge in [-0.2, -0.15) is 0 Å².